The summed E-state index contributed by atoms with van der Waals surface area (Å²) in [5.74, 6) is 0.866. The van der Waals surface area contributed by atoms with Crippen LogP contribution >= 0.6 is 23.1 Å². The van der Waals surface area contributed by atoms with E-state index in [2.05, 4.69) is 15.2 Å². The molecule has 0 saturated heterocycles. The number of hydrogen-bond donors (Lipinski definition) is 0. The van der Waals surface area contributed by atoms with Crippen molar-refractivity contribution in [1.82, 2.24) is 24.3 Å². The molecule has 0 aliphatic heterocycles. The maximum atomic E-state index is 13.4. The molecule has 0 aliphatic carbocycles. The summed E-state index contributed by atoms with van der Waals surface area (Å²) in [5, 5.41) is 8.93. The summed E-state index contributed by atoms with van der Waals surface area (Å²) in [7, 11) is 0. The van der Waals surface area contributed by atoms with E-state index >= 15 is 0 Å². The van der Waals surface area contributed by atoms with Crippen molar-refractivity contribution in [1.29, 1.82) is 0 Å². The van der Waals surface area contributed by atoms with Gasteiger partial charge < -0.3 is 0 Å². The largest absolute Gasteiger partial charge is 0.416 e. The van der Waals surface area contributed by atoms with Crippen LogP contribution in [0.5, 0.6) is 0 Å². The fraction of sp³-hybridized carbons (Fsp3) is 0.130. The van der Waals surface area contributed by atoms with E-state index in [9.17, 15) is 18.0 Å². The molecule has 0 saturated carbocycles. The molecule has 0 radical (unpaired) electrons. The van der Waals surface area contributed by atoms with Gasteiger partial charge in [0.15, 0.2) is 11.0 Å². The SMILES string of the molecule is O=c1sc2ccccc2n1Cc1nnc(SCc2cccnc2)n1-c1cccc(C(F)(F)F)c1. The fourth-order valence-corrected chi connectivity index (χ4v) is 5.31. The van der Waals surface area contributed by atoms with Crippen LogP contribution in [-0.4, -0.2) is 24.3 Å². The molecule has 0 unspecified atom stereocenters. The predicted octanol–water partition coefficient (Wildman–Crippen LogP) is 5.40. The second kappa shape index (κ2) is 9.07. The number of thioether (sulfide) groups is 1. The number of pyridine rings is 1. The number of fused-ring (bicyclic) bond motifs is 1. The van der Waals surface area contributed by atoms with Gasteiger partial charge in [-0.15, -0.1) is 10.2 Å². The first-order valence-electron chi connectivity index (χ1n) is 10.1. The Morgan fingerprint density at radius 3 is 2.65 bits per heavy atom. The zero-order valence-electron chi connectivity index (χ0n) is 17.4. The molecule has 34 heavy (non-hydrogen) atoms. The van der Waals surface area contributed by atoms with Gasteiger partial charge in [-0.25, -0.2) is 0 Å². The van der Waals surface area contributed by atoms with Crippen LogP contribution in [0.25, 0.3) is 15.9 Å². The molecule has 2 aromatic carbocycles. The van der Waals surface area contributed by atoms with Gasteiger partial charge in [0.1, 0.15) is 0 Å². The van der Waals surface area contributed by atoms with Gasteiger partial charge in [0, 0.05) is 18.1 Å². The zero-order valence-corrected chi connectivity index (χ0v) is 19.1. The van der Waals surface area contributed by atoms with Crippen molar-refractivity contribution in [3.8, 4) is 5.69 Å². The lowest BCUT2D eigenvalue weighted by atomic mass is 10.2. The second-order valence-corrected chi connectivity index (χ2v) is 9.29. The molecule has 3 heterocycles. The summed E-state index contributed by atoms with van der Waals surface area (Å²) in [4.78, 5) is 16.6. The molecule has 0 aliphatic rings. The molecule has 0 fully saturated rings. The molecule has 5 aromatic rings. The quantitative estimate of drug-likeness (QED) is 0.293. The molecule has 5 rings (SSSR count). The van der Waals surface area contributed by atoms with Gasteiger partial charge >= 0.3 is 11.0 Å². The van der Waals surface area contributed by atoms with Crippen molar-refractivity contribution in [3.05, 3.63) is 99.7 Å². The summed E-state index contributed by atoms with van der Waals surface area (Å²) in [6.45, 7) is 0.0690. The minimum atomic E-state index is -4.49. The Hall–Kier alpha value is -3.44. The van der Waals surface area contributed by atoms with Gasteiger partial charge in [-0.2, -0.15) is 13.2 Å². The Bertz CT molecular complexity index is 1510. The monoisotopic (exact) mass is 499 g/mol. The lowest BCUT2D eigenvalue weighted by Gasteiger charge is -2.13. The van der Waals surface area contributed by atoms with E-state index in [0.717, 1.165) is 39.2 Å². The first kappa shape index (κ1) is 22.4. The Morgan fingerprint density at radius 2 is 1.85 bits per heavy atom. The van der Waals surface area contributed by atoms with E-state index in [0.29, 0.717) is 16.7 Å². The van der Waals surface area contributed by atoms with Crippen LogP contribution in [0.1, 0.15) is 17.0 Å². The zero-order chi connectivity index (χ0) is 23.7. The van der Waals surface area contributed by atoms with Crippen molar-refractivity contribution in [2.75, 3.05) is 0 Å². The highest BCUT2D eigenvalue weighted by Gasteiger charge is 2.31. The van der Waals surface area contributed by atoms with Crippen LogP contribution in [0.15, 0.2) is 83.0 Å². The molecule has 6 nitrogen and oxygen atoms in total. The number of para-hydroxylation sites is 1. The lowest BCUT2D eigenvalue weighted by molar-refractivity contribution is -0.137. The lowest BCUT2D eigenvalue weighted by Crippen LogP contribution is -2.17. The average Bonchev–Trinajstić information content (AvgIpc) is 3.38. The van der Waals surface area contributed by atoms with Crippen LogP contribution in [0, 0.1) is 0 Å². The van der Waals surface area contributed by atoms with Crippen LogP contribution in [-0.2, 0) is 18.5 Å². The fourth-order valence-electron chi connectivity index (χ4n) is 3.51. The average molecular weight is 500 g/mol. The maximum absolute atomic E-state index is 13.4. The predicted molar refractivity (Wildman–Crippen MR) is 125 cm³/mol. The normalized spacial score (nSPS) is 11.9. The number of nitrogens with zero attached hydrogens (tertiary/aromatic N) is 5. The number of halogens is 3. The van der Waals surface area contributed by atoms with Crippen LogP contribution < -0.4 is 4.87 Å². The molecular weight excluding hydrogens is 483 g/mol. The smallest absolute Gasteiger partial charge is 0.291 e. The van der Waals surface area contributed by atoms with E-state index in [1.807, 2.05) is 36.4 Å². The van der Waals surface area contributed by atoms with Gasteiger partial charge in [0.2, 0.25) is 0 Å². The van der Waals surface area contributed by atoms with E-state index in [4.69, 9.17) is 0 Å². The number of hydrogen-bond acceptors (Lipinski definition) is 6. The first-order valence-corrected chi connectivity index (χ1v) is 11.9. The highest BCUT2D eigenvalue weighted by atomic mass is 32.2. The van der Waals surface area contributed by atoms with Gasteiger partial charge in [-0.1, -0.05) is 47.4 Å². The summed E-state index contributed by atoms with van der Waals surface area (Å²) in [5.41, 5.74) is 1.18. The van der Waals surface area contributed by atoms with Crippen LogP contribution in [0.3, 0.4) is 0 Å². The van der Waals surface area contributed by atoms with E-state index < -0.39 is 11.7 Å². The third-order valence-corrected chi connectivity index (χ3v) is 7.06. The van der Waals surface area contributed by atoms with Gasteiger partial charge in [0.25, 0.3) is 0 Å². The first-order chi connectivity index (χ1) is 16.4. The molecule has 0 spiro atoms. The third kappa shape index (κ3) is 4.48. The van der Waals surface area contributed by atoms with E-state index in [1.54, 1.807) is 27.6 Å². The maximum Gasteiger partial charge on any atom is 0.416 e. The molecule has 172 valence electrons. The van der Waals surface area contributed by atoms with Gasteiger partial charge in [-0.3, -0.25) is 18.9 Å². The molecule has 0 N–H and O–H groups in total. The van der Waals surface area contributed by atoms with Crippen molar-refractivity contribution < 1.29 is 13.2 Å². The van der Waals surface area contributed by atoms with Crippen molar-refractivity contribution in [3.63, 3.8) is 0 Å². The topological polar surface area (TPSA) is 65.6 Å². The Labute approximate surface area is 199 Å². The highest BCUT2D eigenvalue weighted by Crippen LogP contribution is 2.32. The van der Waals surface area contributed by atoms with Crippen molar-refractivity contribution >= 4 is 33.3 Å². The molecule has 0 atom stereocenters. The molecule has 11 heteroatoms. The number of rotatable bonds is 6. The second-order valence-electron chi connectivity index (χ2n) is 7.35. The Kier molecular flexibility index (Phi) is 5.96. The third-order valence-electron chi connectivity index (χ3n) is 5.10. The highest BCUT2D eigenvalue weighted by molar-refractivity contribution is 7.98. The van der Waals surface area contributed by atoms with Gasteiger partial charge in [0.05, 0.1) is 28.0 Å². The summed E-state index contributed by atoms with van der Waals surface area (Å²) < 4.78 is 44.2. The molecule has 0 amide bonds. The number of benzene rings is 2. The van der Waals surface area contributed by atoms with Crippen molar-refractivity contribution in [2.24, 2.45) is 0 Å². The molecule has 3 aromatic heterocycles. The standard InChI is InChI=1S/C23H16F3N5OS2/c24-23(25,26)16-6-3-7-17(11-16)31-20(13-30-18-8-1-2-9-19(18)34-22(30)32)28-29-21(31)33-14-15-5-4-10-27-12-15/h1-12H,13-14H2. The summed E-state index contributed by atoms with van der Waals surface area (Å²) in [6.07, 6.45) is -1.11. The minimum absolute atomic E-state index is 0.0690. The van der Waals surface area contributed by atoms with Crippen LogP contribution in [0.2, 0.25) is 0 Å². The minimum Gasteiger partial charge on any atom is -0.291 e. The van der Waals surface area contributed by atoms with Crippen molar-refractivity contribution in [2.45, 2.75) is 23.6 Å². The molecule has 0 bridgehead atoms. The Balaban J connectivity index is 1.58. The van der Waals surface area contributed by atoms with Gasteiger partial charge in [-0.05, 0) is 42.0 Å². The summed E-state index contributed by atoms with van der Waals surface area (Å²) in [6, 6.07) is 16.1. The number of thiazole rings is 1. The van der Waals surface area contributed by atoms with E-state index in [-0.39, 0.29) is 17.1 Å². The van der Waals surface area contributed by atoms with E-state index in [1.165, 1.54) is 17.8 Å². The Morgan fingerprint density at radius 1 is 1.00 bits per heavy atom. The number of alkyl halides is 3. The van der Waals surface area contributed by atoms with Crippen LogP contribution in [0.4, 0.5) is 13.2 Å². The number of aromatic nitrogens is 5. The summed E-state index contributed by atoms with van der Waals surface area (Å²) >= 11 is 2.44. The molecular formula is C23H16F3N5OS2.